The average Bonchev–Trinajstić information content (AvgIpc) is 2.37. The molecule has 0 aliphatic rings. The van der Waals surface area contributed by atoms with E-state index in [-0.39, 0.29) is 6.54 Å². The number of hydrogen-bond donors (Lipinski definition) is 1. The summed E-state index contributed by atoms with van der Waals surface area (Å²) in [5.41, 5.74) is -1.05. The van der Waals surface area contributed by atoms with Crippen molar-refractivity contribution in [3.05, 3.63) is 34.1 Å². The van der Waals surface area contributed by atoms with Gasteiger partial charge in [0.05, 0.1) is 4.92 Å². The van der Waals surface area contributed by atoms with Crippen molar-refractivity contribution in [1.82, 2.24) is 4.72 Å². The molecule has 0 aromatic heterocycles. The topological polar surface area (TPSA) is 89.3 Å². The second kappa shape index (κ2) is 6.98. The number of terminal acetylenes is 1. The van der Waals surface area contributed by atoms with Gasteiger partial charge >= 0.3 is 5.69 Å². The smallest absolute Gasteiger partial charge is 0.258 e. The van der Waals surface area contributed by atoms with Gasteiger partial charge in [-0.1, -0.05) is 6.07 Å². The van der Waals surface area contributed by atoms with Crippen molar-refractivity contribution in [3.8, 4) is 12.3 Å². The third kappa shape index (κ3) is 4.01. The molecule has 0 amide bonds. The molecule has 0 fully saturated rings. The Morgan fingerprint density at radius 3 is 2.70 bits per heavy atom. The summed E-state index contributed by atoms with van der Waals surface area (Å²) in [7, 11) is -4.13. The molecule has 0 saturated heterocycles. The van der Waals surface area contributed by atoms with Crippen LogP contribution in [0.4, 0.5) is 10.1 Å². The van der Waals surface area contributed by atoms with Gasteiger partial charge < -0.3 is 0 Å². The Kier molecular flexibility index (Phi) is 5.61. The molecule has 0 atom stereocenters. The quantitative estimate of drug-likeness (QED) is 0.360. The molecule has 1 aromatic rings. The van der Waals surface area contributed by atoms with Gasteiger partial charge in [-0.3, -0.25) is 10.1 Å². The van der Waals surface area contributed by atoms with Gasteiger partial charge in [0.2, 0.25) is 15.8 Å². The number of para-hydroxylation sites is 1. The van der Waals surface area contributed by atoms with E-state index in [9.17, 15) is 22.9 Å². The van der Waals surface area contributed by atoms with E-state index in [1.807, 2.05) is 0 Å². The first-order valence-electron chi connectivity index (χ1n) is 5.76. The minimum atomic E-state index is -4.13. The Bertz CT molecular complexity index is 637. The first-order chi connectivity index (χ1) is 9.40. The first kappa shape index (κ1) is 16.1. The molecule has 8 heteroatoms. The summed E-state index contributed by atoms with van der Waals surface area (Å²) >= 11 is 0. The molecule has 0 bridgehead atoms. The Labute approximate surface area is 116 Å². The molecule has 0 spiro atoms. The zero-order chi connectivity index (χ0) is 15.2. The molecule has 1 N–H and O–H groups in total. The molecule has 0 aliphatic heterocycles. The van der Waals surface area contributed by atoms with Gasteiger partial charge in [0.25, 0.3) is 0 Å². The van der Waals surface area contributed by atoms with Crippen LogP contribution in [0.1, 0.15) is 19.3 Å². The molecule has 0 aliphatic carbocycles. The van der Waals surface area contributed by atoms with Crippen LogP contribution >= 0.6 is 0 Å². The maximum absolute atomic E-state index is 13.4. The molecular weight excluding hydrogens is 287 g/mol. The molecule has 1 rings (SSSR count). The van der Waals surface area contributed by atoms with Crippen molar-refractivity contribution in [3.63, 3.8) is 0 Å². The predicted octanol–water partition coefficient (Wildman–Crippen LogP) is 1.82. The summed E-state index contributed by atoms with van der Waals surface area (Å²) in [5, 5.41) is 10.8. The lowest BCUT2D eigenvalue weighted by Crippen LogP contribution is -2.25. The largest absolute Gasteiger partial charge is 0.324 e. The molecule has 6 nitrogen and oxygen atoms in total. The molecule has 0 saturated carbocycles. The van der Waals surface area contributed by atoms with E-state index in [1.165, 1.54) is 0 Å². The van der Waals surface area contributed by atoms with Crippen LogP contribution in [-0.2, 0) is 10.0 Å². The van der Waals surface area contributed by atoms with Crippen LogP contribution in [0, 0.1) is 28.3 Å². The summed E-state index contributed by atoms with van der Waals surface area (Å²) in [6, 6.07) is 2.93. The van der Waals surface area contributed by atoms with Gasteiger partial charge in [-0.2, -0.15) is 4.39 Å². The Hall–Kier alpha value is -1.98. The van der Waals surface area contributed by atoms with Gasteiger partial charge in [-0.05, 0) is 25.0 Å². The van der Waals surface area contributed by atoms with E-state index in [1.54, 1.807) is 0 Å². The summed E-state index contributed by atoms with van der Waals surface area (Å²) in [6.45, 7) is 0.0810. The maximum Gasteiger partial charge on any atom is 0.324 e. The lowest BCUT2D eigenvalue weighted by atomic mass is 10.2. The average molecular weight is 300 g/mol. The highest BCUT2D eigenvalue weighted by Gasteiger charge is 2.28. The van der Waals surface area contributed by atoms with E-state index in [2.05, 4.69) is 10.6 Å². The third-order valence-corrected chi connectivity index (χ3v) is 3.95. The summed E-state index contributed by atoms with van der Waals surface area (Å²) in [6.07, 6.45) is 6.69. The van der Waals surface area contributed by atoms with Gasteiger partial charge in [-0.25, -0.2) is 13.1 Å². The zero-order valence-corrected chi connectivity index (χ0v) is 11.3. The van der Waals surface area contributed by atoms with Crippen LogP contribution < -0.4 is 4.72 Å². The molecule has 0 heterocycles. The number of nitro groups is 1. The fourth-order valence-corrected chi connectivity index (χ4v) is 2.78. The minimum absolute atomic E-state index is 0.0810. The highest BCUT2D eigenvalue weighted by molar-refractivity contribution is 7.89. The van der Waals surface area contributed by atoms with E-state index < -0.39 is 31.3 Å². The van der Waals surface area contributed by atoms with Crippen LogP contribution in [0.5, 0.6) is 0 Å². The van der Waals surface area contributed by atoms with Gasteiger partial charge in [0, 0.05) is 13.0 Å². The number of benzene rings is 1. The van der Waals surface area contributed by atoms with Crippen molar-refractivity contribution in [2.45, 2.75) is 24.2 Å². The number of halogens is 1. The van der Waals surface area contributed by atoms with E-state index in [4.69, 9.17) is 6.42 Å². The Morgan fingerprint density at radius 2 is 2.10 bits per heavy atom. The number of nitrogens with zero attached hydrogens (tertiary/aromatic N) is 1. The van der Waals surface area contributed by atoms with E-state index >= 15 is 0 Å². The first-order valence-corrected chi connectivity index (χ1v) is 7.24. The maximum atomic E-state index is 13.4. The predicted molar refractivity (Wildman–Crippen MR) is 70.9 cm³/mol. The lowest BCUT2D eigenvalue weighted by molar-refractivity contribution is -0.390. The fourth-order valence-electron chi connectivity index (χ4n) is 1.53. The number of sulfonamides is 1. The number of nitro benzene ring substituents is 1. The van der Waals surface area contributed by atoms with Crippen molar-refractivity contribution in [2.75, 3.05) is 6.54 Å². The number of unbranched alkanes of at least 4 members (excludes halogenated alkanes) is 2. The molecule has 0 radical (unpaired) electrons. The third-order valence-electron chi connectivity index (χ3n) is 2.46. The monoisotopic (exact) mass is 300 g/mol. The summed E-state index contributed by atoms with van der Waals surface area (Å²) < 4.78 is 39.4. The van der Waals surface area contributed by atoms with Gasteiger partial charge in [-0.15, -0.1) is 12.3 Å². The van der Waals surface area contributed by atoms with E-state index in [0.29, 0.717) is 19.3 Å². The minimum Gasteiger partial charge on any atom is -0.258 e. The van der Waals surface area contributed by atoms with Crippen LogP contribution in [0.3, 0.4) is 0 Å². The van der Waals surface area contributed by atoms with Crippen molar-refractivity contribution in [2.24, 2.45) is 0 Å². The highest BCUT2D eigenvalue weighted by atomic mass is 32.2. The normalized spacial score (nSPS) is 11.0. The SMILES string of the molecule is C#CCCCCNS(=O)(=O)c1cccc(F)c1[N+](=O)[O-]. The Morgan fingerprint density at radius 1 is 1.40 bits per heavy atom. The highest BCUT2D eigenvalue weighted by Crippen LogP contribution is 2.26. The Balaban J connectivity index is 2.91. The summed E-state index contributed by atoms with van der Waals surface area (Å²) in [4.78, 5) is 9.02. The molecule has 1 aromatic carbocycles. The standard InChI is InChI=1S/C12H13FN2O4S/c1-2-3-4-5-9-14-20(18,19)11-8-6-7-10(13)12(11)15(16)17/h1,6-8,14H,3-5,9H2. The van der Waals surface area contributed by atoms with Crippen LogP contribution in [0.15, 0.2) is 23.1 Å². The number of nitrogens with one attached hydrogen (secondary N) is 1. The van der Waals surface area contributed by atoms with Gasteiger partial charge in [0.15, 0.2) is 4.90 Å². The molecule has 0 unspecified atom stereocenters. The lowest BCUT2D eigenvalue weighted by Gasteiger charge is -2.07. The van der Waals surface area contributed by atoms with Crippen LogP contribution in [-0.4, -0.2) is 19.9 Å². The van der Waals surface area contributed by atoms with Crippen molar-refractivity contribution < 1.29 is 17.7 Å². The second-order valence-corrected chi connectivity index (χ2v) is 5.64. The van der Waals surface area contributed by atoms with Crippen LogP contribution in [0.2, 0.25) is 0 Å². The molecule has 20 heavy (non-hydrogen) atoms. The number of rotatable bonds is 7. The van der Waals surface area contributed by atoms with Crippen molar-refractivity contribution >= 4 is 15.7 Å². The van der Waals surface area contributed by atoms with Crippen molar-refractivity contribution in [1.29, 1.82) is 0 Å². The summed E-state index contributed by atoms with van der Waals surface area (Å²) in [5.74, 6) is 1.22. The van der Waals surface area contributed by atoms with Crippen LogP contribution in [0.25, 0.3) is 0 Å². The zero-order valence-electron chi connectivity index (χ0n) is 10.5. The van der Waals surface area contributed by atoms with E-state index in [0.717, 1.165) is 18.2 Å². The fraction of sp³-hybridized carbons (Fsp3) is 0.333. The second-order valence-electron chi connectivity index (χ2n) is 3.90. The van der Waals surface area contributed by atoms with Gasteiger partial charge in [0.1, 0.15) is 0 Å². The number of hydrogen-bond acceptors (Lipinski definition) is 4. The molecular formula is C12H13FN2O4S. The molecule has 108 valence electrons.